The molecule has 0 bridgehead atoms. The highest BCUT2D eigenvalue weighted by Crippen LogP contribution is 2.62. The van der Waals surface area contributed by atoms with Crippen molar-refractivity contribution < 1.29 is 4.42 Å². The molecule has 1 heterocycles. The summed E-state index contributed by atoms with van der Waals surface area (Å²) in [7, 11) is 0. The van der Waals surface area contributed by atoms with Gasteiger partial charge in [-0.05, 0) is 190 Å². The van der Waals surface area contributed by atoms with Crippen molar-refractivity contribution in [2.45, 2.75) is 47.0 Å². The van der Waals surface area contributed by atoms with Crippen molar-refractivity contribution in [3.63, 3.8) is 0 Å². The molecule has 0 spiro atoms. The van der Waals surface area contributed by atoms with E-state index in [0.29, 0.717) is 0 Å². The second-order valence-electron chi connectivity index (χ2n) is 20.0. The number of rotatable bonds is 7. The molecule has 1 aliphatic rings. The molecule has 0 amide bonds. The predicted molar refractivity (Wildman–Crippen MR) is 300 cm³/mol. The van der Waals surface area contributed by atoms with Crippen molar-refractivity contribution in [3.8, 4) is 33.4 Å². The van der Waals surface area contributed by atoms with Crippen molar-refractivity contribution in [2.24, 2.45) is 0 Å². The fraction of sp³-hybridized carbons (Fsp3) is 0.101. The lowest BCUT2D eigenvalue weighted by atomic mass is 9.63. The summed E-state index contributed by atoms with van der Waals surface area (Å²) in [6, 6.07) is 78.9. The maximum absolute atomic E-state index is 6.62. The van der Waals surface area contributed by atoms with E-state index >= 15 is 0 Å². The zero-order chi connectivity index (χ0) is 48.1. The maximum atomic E-state index is 6.62. The molecule has 13 rings (SSSR count). The maximum Gasteiger partial charge on any atom is 0.137 e. The Bertz CT molecular complexity index is 4030. The van der Waals surface area contributed by atoms with E-state index in [1.165, 1.54) is 111 Å². The summed E-state index contributed by atoms with van der Waals surface area (Å²) in [5, 5.41) is 7.15. The monoisotopic (exact) mass is 911 g/mol. The Balaban J connectivity index is 1.02. The highest BCUT2D eigenvalue weighted by molar-refractivity contribution is 6.14. The molecule has 2 heteroatoms. The highest BCUT2D eigenvalue weighted by atomic mass is 16.3. The average molecular weight is 912 g/mol. The number of anilines is 3. The van der Waals surface area contributed by atoms with Crippen molar-refractivity contribution >= 4 is 60.5 Å². The Morgan fingerprint density at radius 2 is 0.845 bits per heavy atom. The Kier molecular flexibility index (Phi) is 9.80. The SMILES string of the molecule is Cc1cc(C)c(C2(c3c(C)cc(C)cc3C)c3ccccc3-c3c(N(c4ccc(-c5ccc6cc(-c7ccc8ccccc8c7)ccc6c5)cc4)c4cccc5oc6ccccc6c45)cccc32)c(C)c1. The van der Waals surface area contributed by atoms with Crippen molar-refractivity contribution in [1.82, 2.24) is 0 Å². The van der Waals surface area contributed by atoms with E-state index in [0.717, 1.165) is 39.0 Å². The van der Waals surface area contributed by atoms with Crippen LogP contribution in [0, 0.1) is 41.5 Å². The second-order valence-corrected chi connectivity index (χ2v) is 20.0. The molecule has 0 atom stereocenters. The normalized spacial score (nSPS) is 12.8. The van der Waals surface area contributed by atoms with Gasteiger partial charge in [-0.1, -0.05) is 169 Å². The topological polar surface area (TPSA) is 16.4 Å². The van der Waals surface area contributed by atoms with Crippen LogP contribution in [0.1, 0.15) is 55.6 Å². The van der Waals surface area contributed by atoms with Crippen LogP contribution in [0.5, 0.6) is 0 Å². The minimum atomic E-state index is -0.581. The van der Waals surface area contributed by atoms with Gasteiger partial charge in [0.2, 0.25) is 0 Å². The number of hydrogen-bond donors (Lipinski definition) is 0. The first kappa shape index (κ1) is 42.6. The zero-order valence-corrected chi connectivity index (χ0v) is 41.1. The number of nitrogens with zero attached hydrogens (tertiary/aromatic N) is 1. The van der Waals surface area contributed by atoms with Crippen LogP contribution in [0.3, 0.4) is 0 Å². The molecule has 0 N–H and O–H groups in total. The van der Waals surface area contributed by atoms with Gasteiger partial charge in [-0.3, -0.25) is 0 Å². The number of furan rings is 1. The van der Waals surface area contributed by atoms with Gasteiger partial charge in [-0.25, -0.2) is 0 Å². The summed E-state index contributed by atoms with van der Waals surface area (Å²) in [6.07, 6.45) is 0. The van der Waals surface area contributed by atoms with Gasteiger partial charge in [0.15, 0.2) is 0 Å². The molecule has 0 saturated heterocycles. The molecule has 0 fully saturated rings. The minimum absolute atomic E-state index is 0.581. The van der Waals surface area contributed by atoms with Crippen LogP contribution in [0.2, 0.25) is 0 Å². The van der Waals surface area contributed by atoms with Crippen LogP contribution in [0.15, 0.2) is 217 Å². The largest absolute Gasteiger partial charge is 0.456 e. The first-order valence-corrected chi connectivity index (χ1v) is 24.9. The average Bonchev–Trinajstić information content (AvgIpc) is 3.91. The first-order valence-electron chi connectivity index (χ1n) is 24.9. The van der Waals surface area contributed by atoms with Crippen LogP contribution in [0.25, 0.3) is 76.9 Å². The van der Waals surface area contributed by atoms with Crippen LogP contribution in [0.4, 0.5) is 17.1 Å². The standard InChI is InChI=1S/C69H53NO/c1-42-35-44(3)67(45(4)36-42)69(68-46(5)37-43(2)38-47(68)6)59-19-11-9-17-57(59)65-60(69)20-13-21-61(65)70(62-22-14-24-64-66(62)58-18-10-12-23-63(58)71-64)56-33-31-49(32-34-56)51-27-28-54-41-55(30-29-53(54)40-51)52-26-25-48-15-7-8-16-50(48)39-52/h7-41H,1-6H3. The molecular weight excluding hydrogens is 859 g/mol. The third-order valence-electron chi connectivity index (χ3n) is 15.4. The third-order valence-corrected chi connectivity index (χ3v) is 15.4. The Morgan fingerprint density at radius 3 is 1.51 bits per heavy atom. The first-order chi connectivity index (χ1) is 34.6. The molecule has 1 aromatic heterocycles. The van der Waals surface area contributed by atoms with Crippen LogP contribution in [-0.4, -0.2) is 0 Å². The lowest BCUT2D eigenvalue weighted by molar-refractivity contribution is 0.669. The van der Waals surface area contributed by atoms with E-state index < -0.39 is 5.41 Å². The highest BCUT2D eigenvalue weighted by Gasteiger charge is 2.50. The molecule has 71 heavy (non-hydrogen) atoms. The molecule has 0 saturated carbocycles. The third kappa shape index (κ3) is 6.62. The Labute approximate surface area is 416 Å². The molecule has 11 aromatic carbocycles. The molecule has 12 aromatic rings. The van der Waals surface area contributed by atoms with Crippen molar-refractivity contribution in [2.75, 3.05) is 4.90 Å². The fourth-order valence-corrected chi connectivity index (χ4v) is 12.8. The van der Waals surface area contributed by atoms with Gasteiger partial charge in [0, 0.05) is 16.6 Å². The predicted octanol–water partition coefficient (Wildman–Crippen LogP) is 18.9. The minimum Gasteiger partial charge on any atom is -0.456 e. The Morgan fingerprint density at radius 1 is 0.366 bits per heavy atom. The molecule has 2 nitrogen and oxygen atoms in total. The van der Waals surface area contributed by atoms with E-state index in [2.05, 4.69) is 259 Å². The Hall–Kier alpha value is -8.46. The van der Waals surface area contributed by atoms with Gasteiger partial charge >= 0.3 is 0 Å². The number of hydrogen-bond acceptors (Lipinski definition) is 2. The molecule has 1 aliphatic carbocycles. The van der Waals surface area contributed by atoms with E-state index in [1.807, 2.05) is 0 Å². The van der Waals surface area contributed by atoms with E-state index in [4.69, 9.17) is 4.42 Å². The van der Waals surface area contributed by atoms with Gasteiger partial charge < -0.3 is 9.32 Å². The van der Waals surface area contributed by atoms with Crippen LogP contribution < -0.4 is 4.90 Å². The summed E-state index contributed by atoms with van der Waals surface area (Å²) < 4.78 is 6.62. The summed E-state index contributed by atoms with van der Waals surface area (Å²) in [6.45, 7) is 13.7. The number of para-hydroxylation sites is 1. The number of fused-ring (bicyclic) bond motifs is 8. The van der Waals surface area contributed by atoms with Gasteiger partial charge in [-0.15, -0.1) is 0 Å². The van der Waals surface area contributed by atoms with Crippen molar-refractivity contribution in [1.29, 1.82) is 0 Å². The van der Waals surface area contributed by atoms with E-state index in [-0.39, 0.29) is 0 Å². The number of benzene rings is 11. The second kappa shape index (κ2) is 16.3. The van der Waals surface area contributed by atoms with E-state index in [9.17, 15) is 0 Å². The fourth-order valence-electron chi connectivity index (χ4n) is 12.8. The van der Waals surface area contributed by atoms with Crippen molar-refractivity contribution in [3.05, 3.63) is 268 Å². The molecule has 0 aliphatic heterocycles. The lowest BCUT2D eigenvalue weighted by Crippen LogP contribution is -2.32. The smallest absolute Gasteiger partial charge is 0.137 e. The summed E-state index contributed by atoms with van der Waals surface area (Å²) in [4.78, 5) is 2.50. The van der Waals surface area contributed by atoms with Crippen LogP contribution >= 0.6 is 0 Å². The van der Waals surface area contributed by atoms with Gasteiger partial charge in [0.05, 0.1) is 22.2 Å². The van der Waals surface area contributed by atoms with Gasteiger partial charge in [0.25, 0.3) is 0 Å². The lowest BCUT2D eigenvalue weighted by Gasteiger charge is -2.39. The molecule has 340 valence electrons. The molecule has 0 radical (unpaired) electrons. The quantitative estimate of drug-likeness (QED) is 0.158. The zero-order valence-electron chi connectivity index (χ0n) is 41.1. The summed E-state index contributed by atoms with van der Waals surface area (Å²) in [5.74, 6) is 0. The summed E-state index contributed by atoms with van der Waals surface area (Å²) >= 11 is 0. The summed E-state index contributed by atoms with van der Waals surface area (Å²) in [5.41, 5.74) is 24.8. The molecular formula is C69H53NO. The van der Waals surface area contributed by atoms with Gasteiger partial charge in [-0.2, -0.15) is 0 Å². The number of aryl methyl sites for hydroxylation is 6. The molecule has 0 unspecified atom stereocenters. The van der Waals surface area contributed by atoms with Crippen LogP contribution in [-0.2, 0) is 5.41 Å². The van der Waals surface area contributed by atoms with Gasteiger partial charge in [0.1, 0.15) is 11.2 Å². The van der Waals surface area contributed by atoms with E-state index in [1.54, 1.807) is 0 Å².